The number of pyridine rings is 1. The lowest BCUT2D eigenvalue weighted by Gasteiger charge is -2.32. The summed E-state index contributed by atoms with van der Waals surface area (Å²) in [5.41, 5.74) is -1.97. The highest BCUT2D eigenvalue weighted by atomic mass is 19.4. The Morgan fingerprint density at radius 3 is 2.52 bits per heavy atom. The van der Waals surface area contributed by atoms with Gasteiger partial charge in [-0.25, -0.2) is 4.98 Å². The van der Waals surface area contributed by atoms with Gasteiger partial charge in [0.25, 0.3) is 0 Å². The van der Waals surface area contributed by atoms with Crippen molar-refractivity contribution in [2.45, 2.75) is 43.9 Å². The Labute approximate surface area is 120 Å². The maximum Gasteiger partial charge on any atom is 0.433 e. The topological polar surface area (TPSA) is 68.9 Å². The third-order valence-corrected chi connectivity index (χ3v) is 3.68. The average molecular weight is 299 g/mol. The van der Waals surface area contributed by atoms with Crippen LogP contribution in [0.25, 0.3) is 0 Å². The predicted octanol–water partition coefficient (Wildman–Crippen LogP) is 3.08. The number of hydrogen-bond donors (Lipinski definition) is 2. The minimum atomic E-state index is -4.56. The number of halogens is 3. The van der Waals surface area contributed by atoms with Gasteiger partial charge in [0.2, 0.25) is 0 Å². The van der Waals surface area contributed by atoms with Gasteiger partial charge in [0.1, 0.15) is 17.6 Å². The van der Waals surface area contributed by atoms with Gasteiger partial charge in [0.15, 0.2) is 0 Å². The second kappa shape index (κ2) is 5.90. The first-order valence-electron chi connectivity index (χ1n) is 6.79. The molecule has 4 nitrogen and oxygen atoms in total. The maximum absolute atomic E-state index is 12.7. The smallest absolute Gasteiger partial charge is 0.388 e. The van der Waals surface area contributed by atoms with E-state index in [2.05, 4.69) is 10.3 Å². The molecular weight excluding hydrogens is 283 g/mol. The Kier molecular flexibility index (Phi) is 4.37. The van der Waals surface area contributed by atoms with E-state index in [9.17, 15) is 18.3 Å². The van der Waals surface area contributed by atoms with Crippen molar-refractivity contribution in [1.29, 1.82) is 5.26 Å². The zero-order valence-electron chi connectivity index (χ0n) is 11.4. The number of aromatic nitrogens is 1. The molecule has 21 heavy (non-hydrogen) atoms. The molecule has 1 aliphatic carbocycles. The molecular formula is C14H16F3N3O. The fourth-order valence-corrected chi connectivity index (χ4v) is 2.48. The molecule has 2 N–H and O–H groups in total. The minimum absolute atomic E-state index is 0.0300. The van der Waals surface area contributed by atoms with Crippen LogP contribution in [0.1, 0.15) is 43.4 Å². The van der Waals surface area contributed by atoms with Crippen LogP contribution in [0.4, 0.5) is 19.0 Å². The fourth-order valence-electron chi connectivity index (χ4n) is 2.48. The Morgan fingerprint density at radius 2 is 1.95 bits per heavy atom. The number of rotatable bonds is 3. The largest absolute Gasteiger partial charge is 0.433 e. The lowest BCUT2D eigenvalue weighted by molar-refractivity contribution is -0.141. The van der Waals surface area contributed by atoms with Crippen LogP contribution >= 0.6 is 0 Å². The van der Waals surface area contributed by atoms with Crippen molar-refractivity contribution >= 4 is 5.82 Å². The van der Waals surface area contributed by atoms with Crippen LogP contribution in [0, 0.1) is 11.3 Å². The minimum Gasteiger partial charge on any atom is -0.388 e. The number of aliphatic hydroxyl groups is 1. The van der Waals surface area contributed by atoms with Crippen LogP contribution < -0.4 is 5.32 Å². The molecule has 1 aromatic rings. The van der Waals surface area contributed by atoms with Crippen molar-refractivity contribution in [2.75, 3.05) is 11.9 Å². The van der Waals surface area contributed by atoms with Crippen molar-refractivity contribution < 1.29 is 18.3 Å². The van der Waals surface area contributed by atoms with E-state index >= 15 is 0 Å². The summed E-state index contributed by atoms with van der Waals surface area (Å²) in [6.45, 7) is 0.0932. The van der Waals surface area contributed by atoms with Gasteiger partial charge in [-0.2, -0.15) is 18.4 Å². The second-order valence-corrected chi connectivity index (χ2v) is 5.34. The molecule has 0 bridgehead atoms. The van der Waals surface area contributed by atoms with Gasteiger partial charge in [0.05, 0.1) is 11.2 Å². The Bertz CT molecular complexity index is 545. The average Bonchev–Trinajstić information content (AvgIpc) is 2.44. The third kappa shape index (κ3) is 3.85. The number of nitriles is 1. The van der Waals surface area contributed by atoms with E-state index in [-0.39, 0.29) is 17.9 Å². The summed E-state index contributed by atoms with van der Waals surface area (Å²) in [5, 5.41) is 22.0. The van der Waals surface area contributed by atoms with Crippen LogP contribution in [0.15, 0.2) is 12.1 Å². The molecule has 0 spiro atoms. The number of nitrogens with one attached hydrogen (secondary N) is 1. The van der Waals surface area contributed by atoms with E-state index in [1.807, 2.05) is 0 Å². The van der Waals surface area contributed by atoms with Crippen molar-refractivity contribution in [3.05, 3.63) is 23.4 Å². The summed E-state index contributed by atoms with van der Waals surface area (Å²) >= 11 is 0. The maximum atomic E-state index is 12.7. The molecule has 1 fully saturated rings. The van der Waals surface area contributed by atoms with E-state index < -0.39 is 17.5 Å². The Hall–Kier alpha value is -1.81. The molecule has 2 rings (SSSR count). The second-order valence-electron chi connectivity index (χ2n) is 5.34. The molecule has 1 aromatic heterocycles. The molecule has 1 saturated carbocycles. The standard InChI is InChI=1S/C14H16F3N3O/c15-14(16,17)11-5-4-10(8-18)12(20-11)19-9-13(21)6-2-1-3-7-13/h4-5,21H,1-3,6-7,9H2,(H,19,20). The first kappa shape index (κ1) is 15.6. The van der Waals surface area contributed by atoms with Gasteiger partial charge < -0.3 is 10.4 Å². The monoisotopic (exact) mass is 299 g/mol. The molecule has 0 amide bonds. The molecule has 7 heteroatoms. The van der Waals surface area contributed by atoms with Crippen molar-refractivity contribution in [2.24, 2.45) is 0 Å². The van der Waals surface area contributed by atoms with Gasteiger partial charge in [-0.1, -0.05) is 19.3 Å². The summed E-state index contributed by atoms with van der Waals surface area (Å²) < 4.78 is 38.0. The van der Waals surface area contributed by atoms with Crippen LogP contribution in [0.5, 0.6) is 0 Å². The van der Waals surface area contributed by atoms with E-state index in [1.54, 1.807) is 6.07 Å². The first-order valence-corrected chi connectivity index (χ1v) is 6.79. The highest BCUT2D eigenvalue weighted by molar-refractivity contribution is 5.52. The van der Waals surface area contributed by atoms with E-state index in [1.165, 1.54) is 0 Å². The zero-order valence-corrected chi connectivity index (χ0v) is 11.4. The van der Waals surface area contributed by atoms with Crippen LogP contribution in [-0.2, 0) is 6.18 Å². The molecule has 114 valence electrons. The summed E-state index contributed by atoms with van der Waals surface area (Å²) in [6, 6.07) is 3.66. The molecule has 0 atom stereocenters. The fraction of sp³-hybridized carbons (Fsp3) is 0.571. The summed E-state index contributed by atoms with van der Waals surface area (Å²) in [4.78, 5) is 3.46. The van der Waals surface area contributed by atoms with E-state index in [0.29, 0.717) is 12.8 Å². The van der Waals surface area contributed by atoms with Crippen LogP contribution in [0.3, 0.4) is 0 Å². The number of anilines is 1. The summed E-state index contributed by atoms with van der Waals surface area (Å²) in [6.07, 6.45) is -0.542. The quantitative estimate of drug-likeness (QED) is 0.900. The molecule has 0 aromatic carbocycles. The zero-order chi connectivity index (χ0) is 15.5. The predicted molar refractivity (Wildman–Crippen MR) is 70.5 cm³/mol. The number of hydrogen-bond acceptors (Lipinski definition) is 4. The third-order valence-electron chi connectivity index (χ3n) is 3.68. The highest BCUT2D eigenvalue weighted by Gasteiger charge is 2.34. The normalized spacial score (nSPS) is 18.0. The molecule has 0 radical (unpaired) electrons. The lowest BCUT2D eigenvalue weighted by Crippen LogP contribution is -2.39. The van der Waals surface area contributed by atoms with Crippen LogP contribution in [0.2, 0.25) is 0 Å². The molecule has 1 heterocycles. The van der Waals surface area contributed by atoms with E-state index in [4.69, 9.17) is 5.26 Å². The summed E-state index contributed by atoms with van der Waals surface area (Å²) in [5.74, 6) is -0.133. The first-order chi connectivity index (χ1) is 9.84. The Balaban J connectivity index is 2.16. The SMILES string of the molecule is N#Cc1ccc(C(F)(F)F)nc1NCC1(O)CCCCC1. The molecule has 0 unspecified atom stereocenters. The molecule has 0 saturated heterocycles. The van der Waals surface area contributed by atoms with Gasteiger partial charge in [-0.05, 0) is 25.0 Å². The van der Waals surface area contributed by atoms with Crippen molar-refractivity contribution in [1.82, 2.24) is 4.98 Å². The number of alkyl halides is 3. The van der Waals surface area contributed by atoms with Crippen molar-refractivity contribution in [3.63, 3.8) is 0 Å². The van der Waals surface area contributed by atoms with Gasteiger partial charge in [0, 0.05) is 6.54 Å². The molecule has 1 aliphatic rings. The molecule has 0 aliphatic heterocycles. The van der Waals surface area contributed by atoms with Gasteiger partial charge in [-0.15, -0.1) is 0 Å². The lowest BCUT2D eigenvalue weighted by atomic mass is 9.85. The van der Waals surface area contributed by atoms with Crippen molar-refractivity contribution in [3.8, 4) is 6.07 Å². The van der Waals surface area contributed by atoms with Crippen LogP contribution in [-0.4, -0.2) is 22.2 Å². The van der Waals surface area contributed by atoms with Gasteiger partial charge >= 0.3 is 6.18 Å². The highest BCUT2D eigenvalue weighted by Crippen LogP contribution is 2.31. The van der Waals surface area contributed by atoms with Gasteiger partial charge in [-0.3, -0.25) is 0 Å². The Morgan fingerprint density at radius 1 is 1.29 bits per heavy atom. The number of nitrogens with zero attached hydrogens (tertiary/aromatic N) is 2. The van der Waals surface area contributed by atoms with E-state index in [0.717, 1.165) is 31.4 Å². The summed E-state index contributed by atoms with van der Waals surface area (Å²) in [7, 11) is 0.